The zero-order chi connectivity index (χ0) is 17.0. The second-order valence-electron chi connectivity index (χ2n) is 5.70. The number of benzene rings is 1. The summed E-state index contributed by atoms with van der Waals surface area (Å²) in [5.74, 6) is 0.0175. The average molecular weight is 361 g/mol. The van der Waals surface area contributed by atoms with Crippen LogP contribution >= 0.6 is 11.3 Å². The van der Waals surface area contributed by atoms with Crippen LogP contribution in [0.4, 0.5) is 0 Å². The molecule has 2 heterocycles. The summed E-state index contributed by atoms with van der Waals surface area (Å²) in [5.41, 5.74) is 1.78. The molecule has 0 bridgehead atoms. The quantitative estimate of drug-likeness (QED) is 0.646. The minimum absolute atomic E-state index is 0.0175. The maximum Gasteiger partial charge on any atom is 0.218 e. The van der Waals surface area contributed by atoms with Crippen molar-refractivity contribution in [3.05, 3.63) is 82.3 Å². The van der Waals surface area contributed by atoms with Gasteiger partial charge in [0.1, 0.15) is 0 Å². The maximum absolute atomic E-state index is 13.0. The molecule has 0 atom stereocenters. The highest BCUT2D eigenvalue weighted by Gasteiger charge is 2.24. The van der Waals surface area contributed by atoms with E-state index in [2.05, 4.69) is 0 Å². The van der Waals surface area contributed by atoms with Crippen molar-refractivity contribution < 1.29 is 8.42 Å². The van der Waals surface area contributed by atoms with Gasteiger partial charge in [-0.25, -0.2) is 8.42 Å². The Morgan fingerprint density at radius 1 is 1.00 bits per heavy atom. The Balaban J connectivity index is 1.86. The van der Waals surface area contributed by atoms with Crippen LogP contribution in [0.1, 0.15) is 16.1 Å². The molecule has 0 saturated heterocycles. The Morgan fingerprint density at radius 3 is 2.42 bits per heavy atom. The summed E-state index contributed by atoms with van der Waals surface area (Å²) in [4.78, 5) is 1.04. The van der Waals surface area contributed by atoms with Crippen molar-refractivity contribution in [3.8, 4) is 0 Å². The monoisotopic (exact) mass is 360 g/mol. The normalized spacial score (nSPS) is 11.9. The summed E-state index contributed by atoms with van der Waals surface area (Å²) in [6.07, 6.45) is 1.93. The number of aromatic nitrogens is 1. The first-order valence-electron chi connectivity index (χ1n) is 7.69. The number of nitrogens with zero attached hydrogens (tertiary/aromatic N) is 2. The highest BCUT2D eigenvalue weighted by molar-refractivity contribution is 7.88. The van der Waals surface area contributed by atoms with Crippen LogP contribution in [0.2, 0.25) is 0 Å². The zero-order valence-corrected chi connectivity index (χ0v) is 15.1. The first-order valence-corrected chi connectivity index (χ1v) is 10.2. The maximum atomic E-state index is 13.0. The molecule has 0 fully saturated rings. The van der Waals surface area contributed by atoms with Crippen molar-refractivity contribution in [2.45, 2.75) is 18.8 Å². The van der Waals surface area contributed by atoms with E-state index in [1.807, 2.05) is 77.8 Å². The molecule has 0 unspecified atom stereocenters. The molecule has 2 aromatic heterocycles. The largest absolute Gasteiger partial charge is 0.353 e. The zero-order valence-electron chi connectivity index (χ0n) is 13.5. The van der Waals surface area contributed by atoms with E-state index in [9.17, 15) is 8.42 Å². The van der Waals surface area contributed by atoms with Crippen molar-refractivity contribution >= 4 is 21.4 Å². The molecule has 4 nitrogen and oxygen atoms in total. The third kappa shape index (κ3) is 4.14. The molecule has 0 amide bonds. The van der Waals surface area contributed by atoms with Gasteiger partial charge < -0.3 is 4.57 Å². The van der Waals surface area contributed by atoms with E-state index in [0.717, 1.165) is 16.1 Å². The van der Waals surface area contributed by atoms with Crippen LogP contribution in [0.5, 0.6) is 0 Å². The Morgan fingerprint density at radius 2 is 1.79 bits per heavy atom. The van der Waals surface area contributed by atoms with Gasteiger partial charge in [0.25, 0.3) is 0 Å². The van der Waals surface area contributed by atoms with Gasteiger partial charge in [-0.2, -0.15) is 4.31 Å². The van der Waals surface area contributed by atoms with Crippen molar-refractivity contribution in [3.63, 3.8) is 0 Å². The Kier molecular flexibility index (Phi) is 5.18. The number of sulfonamides is 1. The van der Waals surface area contributed by atoms with Gasteiger partial charge in [-0.15, -0.1) is 11.3 Å². The van der Waals surface area contributed by atoms with E-state index in [-0.39, 0.29) is 5.75 Å². The lowest BCUT2D eigenvalue weighted by Gasteiger charge is -2.22. The van der Waals surface area contributed by atoms with Crippen molar-refractivity contribution in [1.29, 1.82) is 0 Å². The lowest BCUT2D eigenvalue weighted by atomic mass is 10.2. The summed E-state index contributed by atoms with van der Waals surface area (Å²) >= 11 is 1.58. The molecule has 3 aromatic rings. The van der Waals surface area contributed by atoms with Gasteiger partial charge in [0.15, 0.2) is 0 Å². The van der Waals surface area contributed by atoms with Crippen LogP contribution in [0.15, 0.2) is 66.2 Å². The van der Waals surface area contributed by atoms with Crippen molar-refractivity contribution in [1.82, 2.24) is 8.87 Å². The predicted octanol–water partition coefficient (Wildman–Crippen LogP) is 3.62. The van der Waals surface area contributed by atoms with Gasteiger partial charge in [-0.1, -0.05) is 36.4 Å². The van der Waals surface area contributed by atoms with Crippen LogP contribution in [0.3, 0.4) is 0 Å². The van der Waals surface area contributed by atoms with Gasteiger partial charge in [0.2, 0.25) is 10.0 Å². The molecule has 1 aromatic carbocycles. The smallest absolute Gasteiger partial charge is 0.218 e. The van der Waals surface area contributed by atoms with Gasteiger partial charge in [-0.05, 0) is 29.1 Å². The van der Waals surface area contributed by atoms with Crippen molar-refractivity contribution in [2.75, 3.05) is 0 Å². The third-order valence-electron chi connectivity index (χ3n) is 3.89. The molecule has 0 aliphatic heterocycles. The number of aryl methyl sites for hydroxylation is 1. The number of hydrogen-bond donors (Lipinski definition) is 0. The Bertz CT molecular complexity index is 869. The highest BCUT2D eigenvalue weighted by atomic mass is 32.2. The molecule has 6 heteroatoms. The average Bonchev–Trinajstić information content (AvgIpc) is 3.20. The van der Waals surface area contributed by atoms with E-state index < -0.39 is 10.0 Å². The summed E-state index contributed by atoms with van der Waals surface area (Å²) in [7, 11) is -1.48. The highest BCUT2D eigenvalue weighted by Crippen LogP contribution is 2.20. The topological polar surface area (TPSA) is 42.3 Å². The predicted molar refractivity (Wildman–Crippen MR) is 98.0 cm³/mol. The number of hydrogen-bond acceptors (Lipinski definition) is 3. The lowest BCUT2D eigenvalue weighted by molar-refractivity contribution is 0.395. The first kappa shape index (κ1) is 17.0. The molecule has 3 rings (SSSR count). The Hall–Kier alpha value is -1.89. The SMILES string of the molecule is Cn1cccc1CN(Cc1cccs1)S(=O)(=O)Cc1ccccc1. The minimum atomic E-state index is -3.42. The van der Waals surface area contributed by atoms with E-state index in [1.165, 1.54) is 0 Å². The van der Waals surface area contributed by atoms with Crippen LogP contribution in [-0.2, 0) is 35.9 Å². The van der Waals surface area contributed by atoms with Crippen LogP contribution in [0, 0.1) is 0 Å². The standard InChI is InChI=1S/C18H20N2O2S2/c1-19-11-5-9-17(19)13-20(14-18-10-6-12-23-18)24(21,22)15-16-7-3-2-4-8-16/h2-12H,13-15H2,1H3. The summed E-state index contributed by atoms with van der Waals surface area (Å²) in [6, 6.07) is 17.1. The fourth-order valence-electron chi connectivity index (χ4n) is 2.55. The van der Waals surface area contributed by atoms with Gasteiger partial charge in [0.05, 0.1) is 12.3 Å². The molecule has 126 valence electrons. The molecule has 0 aliphatic carbocycles. The van der Waals surface area contributed by atoms with Gasteiger partial charge in [-0.3, -0.25) is 0 Å². The second kappa shape index (κ2) is 7.34. The Labute approximate surface area is 147 Å². The van der Waals surface area contributed by atoms with Crippen LogP contribution < -0.4 is 0 Å². The number of rotatable bonds is 7. The van der Waals surface area contributed by atoms with Crippen molar-refractivity contribution in [2.24, 2.45) is 7.05 Å². The molecule has 0 aliphatic rings. The molecular weight excluding hydrogens is 340 g/mol. The van der Waals surface area contributed by atoms with Crippen LogP contribution in [-0.4, -0.2) is 17.3 Å². The summed E-state index contributed by atoms with van der Waals surface area (Å²) in [5, 5.41) is 1.97. The molecule has 0 radical (unpaired) electrons. The van der Waals surface area contributed by atoms with Gasteiger partial charge in [0, 0.05) is 30.4 Å². The molecule has 0 saturated carbocycles. The van der Waals surface area contributed by atoms with Gasteiger partial charge >= 0.3 is 0 Å². The molecule has 0 spiro atoms. The van der Waals surface area contributed by atoms with E-state index in [0.29, 0.717) is 13.1 Å². The summed E-state index contributed by atoms with van der Waals surface area (Å²) < 4.78 is 29.5. The minimum Gasteiger partial charge on any atom is -0.353 e. The van der Waals surface area contributed by atoms with E-state index >= 15 is 0 Å². The fraction of sp³-hybridized carbons (Fsp3) is 0.222. The summed E-state index contributed by atoms with van der Waals surface area (Å²) in [6.45, 7) is 0.772. The molecule has 0 N–H and O–H groups in total. The molecule has 24 heavy (non-hydrogen) atoms. The number of thiophene rings is 1. The molecular formula is C18H20N2O2S2. The third-order valence-corrected chi connectivity index (χ3v) is 6.49. The second-order valence-corrected chi connectivity index (χ2v) is 8.70. The van der Waals surface area contributed by atoms with Crippen LogP contribution in [0.25, 0.3) is 0 Å². The fourth-order valence-corrected chi connectivity index (χ4v) is 4.81. The first-order chi connectivity index (χ1) is 11.5. The van der Waals surface area contributed by atoms with E-state index in [4.69, 9.17) is 0 Å². The van der Waals surface area contributed by atoms with E-state index in [1.54, 1.807) is 15.6 Å². The lowest BCUT2D eigenvalue weighted by Crippen LogP contribution is -2.31.